The van der Waals surface area contributed by atoms with E-state index in [0.29, 0.717) is 26.4 Å². The average molecular weight is 312 g/mol. The monoisotopic (exact) mass is 311 g/mol. The zero-order valence-electron chi connectivity index (χ0n) is 9.86. The Hall–Kier alpha value is -1.23. The van der Waals surface area contributed by atoms with Gasteiger partial charge in [0.25, 0.3) is 0 Å². The average Bonchev–Trinajstić information content (AvgIpc) is 2.39. The van der Waals surface area contributed by atoms with Gasteiger partial charge in [-0.2, -0.15) is 0 Å². The molecule has 0 saturated carbocycles. The van der Waals surface area contributed by atoms with Crippen LogP contribution in [0.15, 0.2) is 41.6 Å². The zero-order valence-corrected chi connectivity index (χ0v) is 12.2. The third kappa shape index (κ3) is 3.41. The Balaban J connectivity index is 2.19. The number of hydrogen-bond donors (Lipinski definition) is 2. The van der Waals surface area contributed by atoms with Crippen molar-refractivity contribution in [2.45, 2.75) is 10.8 Å². The number of nitrogens with zero attached hydrogens (tertiary/aromatic N) is 1. The first-order valence-electron chi connectivity index (χ1n) is 5.44. The molecule has 98 valence electrons. The van der Waals surface area contributed by atoms with Crippen LogP contribution in [0.25, 0.3) is 0 Å². The van der Waals surface area contributed by atoms with Crippen molar-refractivity contribution in [1.82, 2.24) is 4.98 Å². The number of pyridine rings is 1. The Labute approximate surface area is 125 Å². The molecule has 3 N–H and O–H groups in total. The molecule has 0 unspecified atom stereocenters. The van der Waals surface area contributed by atoms with Crippen molar-refractivity contribution in [3.05, 3.63) is 57.7 Å². The Morgan fingerprint density at radius 3 is 2.68 bits per heavy atom. The van der Waals surface area contributed by atoms with Crippen molar-refractivity contribution in [3.8, 4) is 0 Å². The summed E-state index contributed by atoms with van der Waals surface area (Å²) in [6.45, 7) is 0. The molecule has 2 aromatic rings. The van der Waals surface area contributed by atoms with Gasteiger partial charge in [-0.15, -0.1) is 11.8 Å². The minimum atomic E-state index is -0.0630. The van der Waals surface area contributed by atoms with Gasteiger partial charge in [-0.3, -0.25) is 5.41 Å². The number of hydrogen-bond acceptors (Lipinski definition) is 3. The van der Waals surface area contributed by atoms with Gasteiger partial charge in [-0.1, -0.05) is 41.4 Å². The maximum absolute atomic E-state index is 7.44. The summed E-state index contributed by atoms with van der Waals surface area (Å²) in [4.78, 5) is 4.20. The van der Waals surface area contributed by atoms with Crippen molar-refractivity contribution < 1.29 is 0 Å². The van der Waals surface area contributed by atoms with Crippen LogP contribution in [0.4, 0.5) is 0 Å². The van der Waals surface area contributed by atoms with Gasteiger partial charge in [-0.25, -0.2) is 4.98 Å². The van der Waals surface area contributed by atoms with E-state index in [0.717, 1.165) is 5.56 Å². The molecule has 2 rings (SSSR count). The van der Waals surface area contributed by atoms with E-state index in [4.69, 9.17) is 34.3 Å². The van der Waals surface area contributed by atoms with Gasteiger partial charge in [-0.05, 0) is 17.7 Å². The molecule has 0 aliphatic carbocycles. The maximum atomic E-state index is 7.44. The van der Waals surface area contributed by atoms with E-state index in [1.807, 2.05) is 24.3 Å². The predicted molar refractivity (Wildman–Crippen MR) is 81.3 cm³/mol. The highest BCUT2D eigenvalue weighted by molar-refractivity contribution is 7.98. The molecule has 0 atom stereocenters. The second-order valence-electron chi connectivity index (χ2n) is 3.77. The number of rotatable bonds is 4. The first-order valence-corrected chi connectivity index (χ1v) is 7.19. The topological polar surface area (TPSA) is 62.8 Å². The van der Waals surface area contributed by atoms with Crippen LogP contribution in [0, 0.1) is 5.41 Å². The van der Waals surface area contributed by atoms with E-state index in [2.05, 4.69) is 4.98 Å². The molecule has 1 aromatic heterocycles. The summed E-state index contributed by atoms with van der Waals surface area (Å²) in [5, 5.41) is 9.21. The molecule has 1 heterocycles. The molecule has 0 amide bonds. The normalized spacial score (nSPS) is 10.4. The lowest BCUT2D eigenvalue weighted by Gasteiger charge is -2.08. The highest BCUT2D eigenvalue weighted by Gasteiger charge is 2.11. The molecule has 0 spiro atoms. The standard InChI is InChI=1S/C13H11Cl2N3S/c14-10-4-2-1-3-8(10)7-19-13-11(15)9(12(16)17)5-6-18-13/h1-6H,7H2,(H3,16,17). The lowest BCUT2D eigenvalue weighted by atomic mass is 10.2. The number of benzene rings is 1. The molecule has 1 aromatic carbocycles. The fraction of sp³-hybridized carbons (Fsp3) is 0.0769. The van der Waals surface area contributed by atoms with E-state index in [1.165, 1.54) is 11.8 Å². The number of nitrogen functional groups attached to an aromatic ring is 1. The molecule has 19 heavy (non-hydrogen) atoms. The highest BCUT2D eigenvalue weighted by atomic mass is 35.5. The third-order valence-electron chi connectivity index (χ3n) is 2.47. The Kier molecular flexibility index (Phi) is 4.69. The fourth-order valence-electron chi connectivity index (χ4n) is 1.49. The Morgan fingerprint density at radius 1 is 1.26 bits per heavy atom. The number of aromatic nitrogens is 1. The first-order chi connectivity index (χ1) is 9.09. The van der Waals surface area contributed by atoms with Crippen molar-refractivity contribution in [3.63, 3.8) is 0 Å². The zero-order chi connectivity index (χ0) is 13.8. The molecular weight excluding hydrogens is 301 g/mol. The minimum absolute atomic E-state index is 0.0630. The van der Waals surface area contributed by atoms with Crippen LogP contribution in [-0.2, 0) is 5.75 Å². The first kappa shape index (κ1) is 14.2. The number of thioether (sulfide) groups is 1. The predicted octanol–water partition coefficient (Wildman–Crippen LogP) is 3.96. The number of halogens is 2. The van der Waals surface area contributed by atoms with E-state index >= 15 is 0 Å². The van der Waals surface area contributed by atoms with E-state index in [1.54, 1.807) is 12.3 Å². The molecule has 3 nitrogen and oxygen atoms in total. The van der Waals surface area contributed by atoms with Gasteiger partial charge in [0, 0.05) is 22.5 Å². The Morgan fingerprint density at radius 2 is 2.00 bits per heavy atom. The summed E-state index contributed by atoms with van der Waals surface area (Å²) in [5.41, 5.74) is 6.97. The van der Waals surface area contributed by atoms with Crippen molar-refractivity contribution in [1.29, 1.82) is 5.41 Å². The van der Waals surface area contributed by atoms with Crippen LogP contribution in [0.5, 0.6) is 0 Å². The van der Waals surface area contributed by atoms with Gasteiger partial charge in [0.15, 0.2) is 0 Å². The van der Waals surface area contributed by atoms with E-state index in [9.17, 15) is 0 Å². The third-order valence-corrected chi connectivity index (χ3v) is 4.37. The molecule has 0 bridgehead atoms. The minimum Gasteiger partial charge on any atom is -0.384 e. The highest BCUT2D eigenvalue weighted by Crippen LogP contribution is 2.31. The second-order valence-corrected chi connectivity index (χ2v) is 5.52. The molecule has 0 aliphatic heterocycles. The summed E-state index contributed by atoms with van der Waals surface area (Å²) in [6, 6.07) is 9.25. The molecule has 0 aliphatic rings. The Bertz CT molecular complexity index is 617. The van der Waals surface area contributed by atoms with Gasteiger partial charge < -0.3 is 5.73 Å². The largest absolute Gasteiger partial charge is 0.384 e. The lowest BCUT2D eigenvalue weighted by Crippen LogP contribution is -2.12. The number of nitrogens with one attached hydrogen (secondary N) is 1. The van der Waals surface area contributed by atoms with Gasteiger partial charge in [0.05, 0.1) is 5.02 Å². The summed E-state index contributed by atoms with van der Waals surface area (Å²) in [5.74, 6) is 0.597. The summed E-state index contributed by atoms with van der Waals surface area (Å²) in [7, 11) is 0. The van der Waals surface area contributed by atoms with Crippen LogP contribution in [0.2, 0.25) is 10.0 Å². The van der Waals surface area contributed by atoms with Crippen molar-refractivity contribution in [2.75, 3.05) is 0 Å². The number of amidine groups is 1. The van der Waals surface area contributed by atoms with Crippen LogP contribution < -0.4 is 5.73 Å². The van der Waals surface area contributed by atoms with Crippen molar-refractivity contribution in [2.24, 2.45) is 5.73 Å². The fourth-order valence-corrected chi connectivity index (χ4v) is 3.07. The summed E-state index contributed by atoms with van der Waals surface area (Å²) < 4.78 is 0. The number of nitrogens with two attached hydrogens (primary N) is 1. The van der Waals surface area contributed by atoms with Gasteiger partial charge in [0.2, 0.25) is 0 Å². The molecule has 0 saturated heterocycles. The smallest absolute Gasteiger partial charge is 0.124 e. The van der Waals surface area contributed by atoms with Gasteiger partial charge in [0.1, 0.15) is 10.9 Å². The lowest BCUT2D eigenvalue weighted by molar-refractivity contribution is 1.12. The van der Waals surface area contributed by atoms with Crippen LogP contribution >= 0.6 is 35.0 Å². The quantitative estimate of drug-likeness (QED) is 0.510. The van der Waals surface area contributed by atoms with Gasteiger partial charge >= 0.3 is 0 Å². The SMILES string of the molecule is N=C(N)c1ccnc(SCc2ccccc2Cl)c1Cl. The maximum Gasteiger partial charge on any atom is 0.124 e. The molecule has 0 fully saturated rings. The van der Waals surface area contributed by atoms with Crippen LogP contribution in [0.1, 0.15) is 11.1 Å². The van der Waals surface area contributed by atoms with Crippen LogP contribution in [-0.4, -0.2) is 10.8 Å². The molecule has 0 radical (unpaired) electrons. The van der Waals surface area contributed by atoms with Crippen LogP contribution in [0.3, 0.4) is 0 Å². The van der Waals surface area contributed by atoms with E-state index < -0.39 is 0 Å². The second kappa shape index (κ2) is 6.28. The molecule has 6 heteroatoms. The summed E-state index contributed by atoms with van der Waals surface area (Å²) in [6.07, 6.45) is 1.59. The molecular formula is C13H11Cl2N3S. The van der Waals surface area contributed by atoms with E-state index in [-0.39, 0.29) is 5.84 Å². The summed E-state index contributed by atoms with van der Waals surface area (Å²) >= 11 is 13.7. The van der Waals surface area contributed by atoms with Crippen molar-refractivity contribution >= 4 is 40.8 Å².